The van der Waals surface area contributed by atoms with Gasteiger partial charge < -0.3 is 20.5 Å². The van der Waals surface area contributed by atoms with Gasteiger partial charge in [0.1, 0.15) is 5.82 Å². The second-order valence-electron chi connectivity index (χ2n) is 2.15. The van der Waals surface area contributed by atoms with E-state index >= 15 is 0 Å². The molecule has 0 unspecified atom stereocenters. The third-order valence-corrected chi connectivity index (χ3v) is 1.48. The Morgan fingerprint density at radius 2 is 2.18 bits per heavy atom. The molecule has 0 spiro atoms. The molecule has 0 aromatic heterocycles. The average Bonchev–Trinajstić information content (AvgIpc) is 2.04. The van der Waals surface area contributed by atoms with Crippen molar-refractivity contribution >= 4 is 0 Å². The highest BCUT2D eigenvalue weighted by atomic mass is 16.5. The zero-order valence-corrected chi connectivity index (χ0v) is 6.68. The van der Waals surface area contributed by atoms with Crippen molar-refractivity contribution < 1.29 is 9.47 Å². The molecule has 0 saturated heterocycles. The first-order chi connectivity index (χ1) is 5.27. The summed E-state index contributed by atoms with van der Waals surface area (Å²) in [6.45, 7) is 0.585. The quantitative estimate of drug-likeness (QED) is 0.586. The number of nitrogens with one attached hydrogen (secondary N) is 1. The van der Waals surface area contributed by atoms with Gasteiger partial charge in [-0.25, -0.2) is 0 Å². The molecular weight excluding hydrogens is 144 g/mol. The van der Waals surface area contributed by atoms with Gasteiger partial charge in [-0.2, -0.15) is 0 Å². The zero-order valence-electron chi connectivity index (χ0n) is 6.68. The van der Waals surface area contributed by atoms with E-state index in [2.05, 4.69) is 5.32 Å². The number of hydrogen-bond donors (Lipinski definition) is 2. The average molecular weight is 156 g/mol. The molecule has 4 heteroatoms. The van der Waals surface area contributed by atoms with Crippen molar-refractivity contribution in [3.8, 4) is 0 Å². The highest BCUT2D eigenvalue weighted by Gasteiger charge is 2.11. The number of allylic oxidation sites excluding steroid dienone is 1. The van der Waals surface area contributed by atoms with Crippen molar-refractivity contribution in [2.24, 2.45) is 5.73 Å². The summed E-state index contributed by atoms with van der Waals surface area (Å²) in [5.74, 6) is 2.05. The van der Waals surface area contributed by atoms with E-state index in [1.165, 1.54) is 0 Å². The number of hydrogen-bond acceptors (Lipinski definition) is 4. The number of dihydropyridines is 1. The summed E-state index contributed by atoms with van der Waals surface area (Å²) < 4.78 is 10.1. The van der Waals surface area contributed by atoms with Crippen LogP contribution in [0.5, 0.6) is 0 Å². The lowest BCUT2D eigenvalue weighted by molar-refractivity contribution is 0.220. The lowest BCUT2D eigenvalue weighted by atomic mass is 10.3. The largest absolute Gasteiger partial charge is 0.495 e. The molecule has 11 heavy (non-hydrogen) atoms. The van der Waals surface area contributed by atoms with Crippen LogP contribution in [0.4, 0.5) is 0 Å². The van der Waals surface area contributed by atoms with Crippen LogP contribution in [0.3, 0.4) is 0 Å². The van der Waals surface area contributed by atoms with Gasteiger partial charge in [-0.15, -0.1) is 0 Å². The molecule has 0 bridgehead atoms. The Bertz CT molecular complexity index is 208. The molecule has 0 fully saturated rings. The van der Waals surface area contributed by atoms with Crippen LogP contribution in [0.15, 0.2) is 23.4 Å². The topological polar surface area (TPSA) is 56.5 Å². The van der Waals surface area contributed by atoms with Gasteiger partial charge in [0, 0.05) is 6.08 Å². The van der Waals surface area contributed by atoms with Crippen LogP contribution < -0.4 is 11.1 Å². The summed E-state index contributed by atoms with van der Waals surface area (Å²) in [7, 11) is 3.19. The highest BCUT2D eigenvalue weighted by Crippen LogP contribution is 2.11. The standard InChI is InChI=1S/C7H12N2O2/c1-10-5-3-7(8)9-4-6(5)11-2/h3,9H,4,8H2,1-2H3. The molecule has 0 aromatic rings. The van der Waals surface area contributed by atoms with Crippen LogP contribution >= 0.6 is 0 Å². The van der Waals surface area contributed by atoms with E-state index in [1.807, 2.05) is 0 Å². The lowest BCUT2D eigenvalue weighted by Crippen LogP contribution is -2.27. The summed E-state index contributed by atoms with van der Waals surface area (Å²) in [6, 6.07) is 0. The third-order valence-electron chi connectivity index (χ3n) is 1.48. The van der Waals surface area contributed by atoms with Crippen LogP contribution in [0.1, 0.15) is 0 Å². The van der Waals surface area contributed by atoms with Gasteiger partial charge in [-0.1, -0.05) is 0 Å². The lowest BCUT2D eigenvalue weighted by Gasteiger charge is -2.17. The van der Waals surface area contributed by atoms with Crippen LogP contribution in [0.2, 0.25) is 0 Å². The summed E-state index contributed by atoms with van der Waals surface area (Å²) in [4.78, 5) is 0. The van der Waals surface area contributed by atoms with E-state index in [4.69, 9.17) is 15.2 Å². The molecule has 3 N–H and O–H groups in total. The first-order valence-electron chi connectivity index (χ1n) is 3.30. The van der Waals surface area contributed by atoms with Crippen molar-refractivity contribution in [1.29, 1.82) is 0 Å². The number of ether oxygens (including phenoxy) is 2. The molecule has 62 valence electrons. The van der Waals surface area contributed by atoms with Crippen LogP contribution in [0.25, 0.3) is 0 Å². The van der Waals surface area contributed by atoms with Crippen molar-refractivity contribution in [2.45, 2.75) is 0 Å². The van der Waals surface area contributed by atoms with Gasteiger partial charge >= 0.3 is 0 Å². The Hall–Kier alpha value is -1.32. The number of rotatable bonds is 2. The Morgan fingerprint density at radius 1 is 1.45 bits per heavy atom. The van der Waals surface area contributed by atoms with Crippen molar-refractivity contribution in [1.82, 2.24) is 5.32 Å². The SMILES string of the molecule is COC1=C(OC)CNC(N)=C1. The van der Waals surface area contributed by atoms with E-state index in [0.717, 1.165) is 5.76 Å². The number of methoxy groups -OCH3 is 2. The molecule has 1 heterocycles. The van der Waals surface area contributed by atoms with Gasteiger partial charge in [-0.05, 0) is 0 Å². The minimum absolute atomic E-state index is 0.585. The van der Waals surface area contributed by atoms with Crippen molar-refractivity contribution in [2.75, 3.05) is 20.8 Å². The summed E-state index contributed by atoms with van der Waals surface area (Å²) >= 11 is 0. The molecule has 0 atom stereocenters. The van der Waals surface area contributed by atoms with Gasteiger partial charge in [0.05, 0.1) is 20.8 Å². The maximum absolute atomic E-state index is 5.50. The fourth-order valence-corrected chi connectivity index (χ4v) is 0.888. The molecule has 0 radical (unpaired) electrons. The van der Waals surface area contributed by atoms with Gasteiger partial charge in [-0.3, -0.25) is 0 Å². The predicted molar refractivity (Wildman–Crippen MR) is 41.3 cm³/mol. The van der Waals surface area contributed by atoms with Crippen molar-refractivity contribution in [3.63, 3.8) is 0 Å². The fourth-order valence-electron chi connectivity index (χ4n) is 0.888. The summed E-state index contributed by atoms with van der Waals surface area (Å²) in [6.07, 6.45) is 1.70. The normalized spacial score (nSPS) is 17.1. The molecule has 0 saturated carbocycles. The molecule has 1 aliphatic heterocycles. The molecular formula is C7H12N2O2. The monoisotopic (exact) mass is 156 g/mol. The minimum Gasteiger partial charge on any atom is -0.495 e. The van der Waals surface area contributed by atoms with Crippen LogP contribution in [-0.2, 0) is 9.47 Å². The first kappa shape index (κ1) is 7.78. The summed E-state index contributed by atoms with van der Waals surface area (Å²) in [5.41, 5.74) is 5.50. The van der Waals surface area contributed by atoms with Crippen molar-refractivity contribution in [3.05, 3.63) is 23.4 Å². The van der Waals surface area contributed by atoms with E-state index in [-0.39, 0.29) is 0 Å². The highest BCUT2D eigenvalue weighted by molar-refractivity contribution is 5.24. The van der Waals surface area contributed by atoms with E-state index in [1.54, 1.807) is 20.3 Å². The Kier molecular flexibility index (Phi) is 2.25. The third kappa shape index (κ3) is 1.58. The molecule has 0 amide bonds. The zero-order chi connectivity index (χ0) is 8.27. The molecule has 0 aromatic carbocycles. The second kappa shape index (κ2) is 3.18. The van der Waals surface area contributed by atoms with Gasteiger partial charge in [0.15, 0.2) is 11.5 Å². The van der Waals surface area contributed by atoms with E-state index in [0.29, 0.717) is 18.1 Å². The molecule has 1 aliphatic rings. The summed E-state index contributed by atoms with van der Waals surface area (Å²) in [5, 5.41) is 2.92. The first-order valence-corrected chi connectivity index (χ1v) is 3.30. The van der Waals surface area contributed by atoms with Crippen LogP contribution in [0, 0.1) is 0 Å². The smallest absolute Gasteiger partial charge is 0.161 e. The molecule has 4 nitrogen and oxygen atoms in total. The van der Waals surface area contributed by atoms with Gasteiger partial charge in [0.2, 0.25) is 0 Å². The minimum atomic E-state index is 0.585. The fraction of sp³-hybridized carbons (Fsp3) is 0.429. The van der Waals surface area contributed by atoms with E-state index < -0.39 is 0 Å². The Morgan fingerprint density at radius 3 is 2.73 bits per heavy atom. The van der Waals surface area contributed by atoms with E-state index in [9.17, 15) is 0 Å². The number of nitrogens with two attached hydrogens (primary N) is 1. The maximum Gasteiger partial charge on any atom is 0.161 e. The Labute approximate surface area is 65.7 Å². The molecule has 1 rings (SSSR count). The predicted octanol–water partition coefficient (Wildman–Crippen LogP) is -0.106. The Balaban J connectivity index is 2.83. The maximum atomic E-state index is 5.50. The van der Waals surface area contributed by atoms with Gasteiger partial charge in [0.25, 0.3) is 0 Å². The second-order valence-corrected chi connectivity index (χ2v) is 2.15. The molecule has 0 aliphatic carbocycles. The van der Waals surface area contributed by atoms with Crippen LogP contribution in [-0.4, -0.2) is 20.8 Å².